The molecular weight excluding hydrogens is 360 g/mol. The van der Waals surface area contributed by atoms with E-state index < -0.39 is 0 Å². The predicted octanol–water partition coefficient (Wildman–Crippen LogP) is 4.28. The van der Waals surface area contributed by atoms with Crippen LogP contribution in [-0.4, -0.2) is 17.6 Å². The van der Waals surface area contributed by atoms with Crippen LogP contribution in [-0.2, 0) is 19.3 Å². The third-order valence-corrected chi connectivity index (χ3v) is 6.56. The van der Waals surface area contributed by atoms with Gasteiger partial charge in [0.2, 0.25) is 12.6 Å². The van der Waals surface area contributed by atoms with Crippen molar-refractivity contribution >= 4 is 33.0 Å². The summed E-state index contributed by atoms with van der Waals surface area (Å²) in [6, 6.07) is 5.27. The zero-order valence-electron chi connectivity index (χ0n) is 15.1. The van der Waals surface area contributed by atoms with E-state index in [0.717, 1.165) is 41.6 Å². The van der Waals surface area contributed by atoms with Crippen LogP contribution in [0.25, 0.3) is 10.2 Å². The summed E-state index contributed by atoms with van der Waals surface area (Å²) in [5.41, 5.74) is 11.4. The number of anilines is 1. The number of carbonyl (C=O) groups is 1. The summed E-state index contributed by atoms with van der Waals surface area (Å²) < 4.78 is 10.7. The summed E-state index contributed by atoms with van der Waals surface area (Å²) in [7, 11) is 0. The molecule has 2 aliphatic rings. The number of rotatable bonds is 3. The van der Waals surface area contributed by atoms with E-state index >= 15 is 0 Å². The normalized spacial score (nSPS) is 15.1. The number of aromatic nitrogens is 1. The van der Waals surface area contributed by atoms with Crippen LogP contribution in [0, 0.1) is 0 Å². The molecule has 0 radical (unpaired) electrons. The molecule has 0 unspecified atom stereocenters. The van der Waals surface area contributed by atoms with Gasteiger partial charge in [0.25, 0.3) is 0 Å². The number of aryl methyl sites for hydroxylation is 2. The smallest absolute Gasteiger partial charge is 0.231 e. The lowest BCUT2D eigenvalue weighted by Crippen LogP contribution is -2.09. The van der Waals surface area contributed by atoms with E-state index in [1.165, 1.54) is 28.9 Å². The molecule has 0 amide bonds. The molecule has 0 spiro atoms. The number of pyridine rings is 1. The molecule has 0 fully saturated rings. The van der Waals surface area contributed by atoms with Gasteiger partial charge < -0.3 is 15.2 Å². The molecule has 3 aromatic rings. The summed E-state index contributed by atoms with van der Waals surface area (Å²) in [6.07, 6.45) is 5.33. The number of ether oxygens (including phenoxy) is 2. The Morgan fingerprint density at radius 1 is 1.19 bits per heavy atom. The number of benzene rings is 1. The van der Waals surface area contributed by atoms with E-state index in [2.05, 4.69) is 6.92 Å². The van der Waals surface area contributed by atoms with Gasteiger partial charge >= 0.3 is 0 Å². The maximum absolute atomic E-state index is 13.2. The van der Waals surface area contributed by atoms with Crippen molar-refractivity contribution in [3.05, 3.63) is 45.5 Å². The first-order chi connectivity index (χ1) is 13.2. The molecule has 138 valence electrons. The van der Waals surface area contributed by atoms with Crippen LogP contribution in [0.2, 0.25) is 0 Å². The number of ketones is 1. The van der Waals surface area contributed by atoms with Gasteiger partial charge in [0.1, 0.15) is 9.71 Å². The zero-order valence-corrected chi connectivity index (χ0v) is 15.9. The Kier molecular flexibility index (Phi) is 3.82. The molecule has 3 heterocycles. The van der Waals surface area contributed by atoms with Crippen LogP contribution in [0.1, 0.15) is 51.8 Å². The molecule has 6 heteroatoms. The summed E-state index contributed by atoms with van der Waals surface area (Å²) in [5, 5.41) is 0.996. The van der Waals surface area contributed by atoms with Crippen molar-refractivity contribution in [3.8, 4) is 11.5 Å². The Labute approximate surface area is 161 Å². The average Bonchev–Trinajstić information content (AvgIpc) is 3.30. The van der Waals surface area contributed by atoms with Crippen LogP contribution in [0.4, 0.5) is 5.69 Å². The van der Waals surface area contributed by atoms with Gasteiger partial charge in [0.05, 0.1) is 5.69 Å². The fraction of sp³-hybridized carbons (Fsp3) is 0.333. The van der Waals surface area contributed by atoms with Gasteiger partial charge in [-0.25, -0.2) is 4.98 Å². The van der Waals surface area contributed by atoms with Crippen molar-refractivity contribution in [1.29, 1.82) is 0 Å². The first kappa shape index (κ1) is 16.6. The molecule has 0 saturated heterocycles. The molecule has 1 aliphatic carbocycles. The van der Waals surface area contributed by atoms with Gasteiger partial charge in [-0.15, -0.1) is 11.3 Å². The van der Waals surface area contributed by atoms with Gasteiger partial charge in [-0.05, 0) is 61.4 Å². The van der Waals surface area contributed by atoms with Crippen molar-refractivity contribution in [3.63, 3.8) is 0 Å². The second kappa shape index (κ2) is 6.23. The number of nitrogens with zero attached hydrogens (tertiary/aromatic N) is 1. The fourth-order valence-corrected chi connectivity index (χ4v) is 5.23. The maximum atomic E-state index is 13.2. The number of thiophene rings is 1. The Hall–Kier alpha value is -2.60. The average molecular weight is 380 g/mol. The van der Waals surface area contributed by atoms with Gasteiger partial charge in [-0.2, -0.15) is 0 Å². The topological polar surface area (TPSA) is 74.4 Å². The highest BCUT2D eigenvalue weighted by Crippen LogP contribution is 2.41. The quantitative estimate of drug-likeness (QED) is 0.687. The lowest BCUT2D eigenvalue weighted by Gasteiger charge is -2.19. The number of hydrogen-bond donors (Lipinski definition) is 1. The number of carbonyl (C=O) groups excluding carboxylic acids is 1. The lowest BCUT2D eigenvalue weighted by atomic mass is 9.88. The molecule has 27 heavy (non-hydrogen) atoms. The van der Waals surface area contributed by atoms with Gasteiger partial charge in [-0.3, -0.25) is 4.79 Å². The highest BCUT2D eigenvalue weighted by atomic mass is 32.1. The SMILES string of the molecule is CCc1nc2sc(C(=O)c3ccc4c(c3)OCO4)c(N)c2c2c1CCCC2. The zero-order chi connectivity index (χ0) is 18.5. The Morgan fingerprint density at radius 3 is 2.78 bits per heavy atom. The van der Waals surface area contributed by atoms with Crippen molar-refractivity contribution in [2.45, 2.75) is 39.0 Å². The van der Waals surface area contributed by atoms with Gasteiger partial charge in [0, 0.05) is 16.6 Å². The van der Waals surface area contributed by atoms with Gasteiger partial charge in [-0.1, -0.05) is 6.92 Å². The van der Waals surface area contributed by atoms with Crippen LogP contribution in [0.3, 0.4) is 0 Å². The second-order valence-corrected chi connectivity index (χ2v) is 8.00. The third kappa shape index (κ3) is 2.51. The fourth-order valence-electron chi connectivity index (χ4n) is 4.12. The largest absolute Gasteiger partial charge is 0.454 e. The van der Waals surface area contributed by atoms with Crippen LogP contribution in [0.5, 0.6) is 11.5 Å². The summed E-state index contributed by atoms with van der Waals surface area (Å²) in [4.78, 5) is 19.5. The molecule has 1 aliphatic heterocycles. The molecule has 2 N–H and O–H groups in total. The highest BCUT2D eigenvalue weighted by Gasteiger charge is 2.26. The van der Waals surface area contributed by atoms with E-state index in [4.69, 9.17) is 20.2 Å². The predicted molar refractivity (Wildman–Crippen MR) is 106 cm³/mol. The van der Waals surface area contributed by atoms with Gasteiger partial charge in [0.15, 0.2) is 11.5 Å². The van der Waals surface area contributed by atoms with E-state index in [1.807, 2.05) is 0 Å². The Morgan fingerprint density at radius 2 is 1.96 bits per heavy atom. The minimum atomic E-state index is -0.0867. The monoisotopic (exact) mass is 380 g/mol. The number of fused-ring (bicyclic) bond motifs is 4. The molecule has 0 saturated carbocycles. The van der Waals surface area contributed by atoms with Crippen molar-refractivity contribution in [2.75, 3.05) is 12.5 Å². The molecule has 5 nitrogen and oxygen atoms in total. The number of nitrogen functional groups attached to an aromatic ring is 1. The van der Waals surface area contributed by atoms with Crippen LogP contribution >= 0.6 is 11.3 Å². The molecule has 5 rings (SSSR count). The molecule has 1 aromatic carbocycles. The van der Waals surface area contributed by atoms with Crippen molar-refractivity contribution < 1.29 is 14.3 Å². The maximum Gasteiger partial charge on any atom is 0.231 e. The van der Waals surface area contributed by atoms with E-state index in [9.17, 15) is 4.79 Å². The number of hydrogen-bond acceptors (Lipinski definition) is 6. The van der Waals surface area contributed by atoms with E-state index in [1.54, 1.807) is 18.2 Å². The van der Waals surface area contributed by atoms with Crippen molar-refractivity contribution in [2.24, 2.45) is 0 Å². The standard InChI is InChI=1S/C21H20N2O3S/c1-2-14-12-5-3-4-6-13(12)17-18(22)20(27-21(17)23-14)19(24)11-7-8-15-16(9-11)26-10-25-15/h7-9H,2-6,10,22H2,1H3. The number of nitrogens with two attached hydrogens (primary N) is 1. The minimum absolute atomic E-state index is 0.0867. The summed E-state index contributed by atoms with van der Waals surface area (Å²) >= 11 is 1.40. The first-order valence-corrected chi connectivity index (χ1v) is 10.2. The molecular formula is C21H20N2O3S. The first-order valence-electron chi connectivity index (χ1n) is 9.34. The molecule has 0 bridgehead atoms. The lowest BCUT2D eigenvalue weighted by molar-refractivity contribution is 0.104. The summed E-state index contributed by atoms with van der Waals surface area (Å²) in [6.45, 7) is 2.33. The Bertz CT molecular complexity index is 1090. The van der Waals surface area contributed by atoms with Crippen LogP contribution in [0.15, 0.2) is 18.2 Å². The second-order valence-electron chi connectivity index (χ2n) is 7.00. The Balaban J connectivity index is 1.66. The van der Waals surface area contributed by atoms with Crippen molar-refractivity contribution in [1.82, 2.24) is 4.98 Å². The van der Waals surface area contributed by atoms with E-state index in [0.29, 0.717) is 27.6 Å². The van der Waals surface area contributed by atoms with E-state index in [-0.39, 0.29) is 12.6 Å². The highest BCUT2D eigenvalue weighted by molar-refractivity contribution is 7.21. The third-order valence-electron chi connectivity index (χ3n) is 5.46. The van der Waals surface area contributed by atoms with Crippen LogP contribution < -0.4 is 15.2 Å². The molecule has 0 atom stereocenters. The summed E-state index contributed by atoms with van der Waals surface area (Å²) in [5.74, 6) is 1.18. The molecule has 2 aromatic heterocycles. The minimum Gasteiger partial charge on any atom is -0.454 e.